The second-order valence-corrected chi connectivity index (χ2v) is 6.59. The zero-order valence-corrected chi connectivity index (χ0v) is 15.1. The van der Waals surface area contributed by atoms with Gasteiger partial charge in [-0.2, -0.15) is 0 Å². The van der Waals surface area contributed by atoms with Crippen molar-refractivity contribution >= 4 is 52.4 Å². The highest BCUT2D eigenvalue weighted by atomic mass is 35.5. The van der Waals surface area contributed by atoms with Crippen molar-refractivity contribution in [3.63, 3.8) is 0 Å². The summed E-state index contributed by atoms with van der Waals surface area (Å²) in [6.07, 6.45) is 0. The summed E-state index contributed by atoms with van der Waals surface area (Å²) in [6.45, 7) is 0.450. The van der Waals surface area contributed by atoms with Gasteiger partial charge in [0.05, 0.1) is 27.2 Å². The van der Waals surface area contributed by atoms with E-state index in [0.717, 1.165) is 5.56 Å². The molecule has 8 heteroatoms. The zero-order valence-electron chi connectivity index (χ0n) is 12.1. The third-order valence-electron chi connectivity index (χ3n) is 3.36. The van der Waals surface area contributed by atoms with Crippen LogP contribution in [0, 0.1) is 0 Å². The van der Waals surface area contributed by atoms with Crippen LogP contribution in [0.3, 0.4) is 0 Å². The molecule has 0 radical (unpaired) electrons. The van der Waals surface area contributed by atoms with Gasteiger partial charge in [0.15, 0.2) is 6.79 Å². The first-order valence-corrected chi connectivity index (χ1v) is 8.31. The third-order valence-corrected chi connectivity index (χ3v) is 4.70. The number of halogens is 4. The molecule has 0 atom stereocenters. The first kappa shape index (κ1) is 17.6. The Morgan fingerprint density at radius 1 is 1.12 bits per heavy atom. The smallest absolute Gasteiger partial charge is 0.341 e. The van der Waals surface area contributed by atoms with Gasteiger partial charge in [0.2, 0.25) is 0 Å². The molecule has 2 aromatic carbocycles. The Morgan fingerprint density at radius 2 is 1.88 bits per heavy atom. The largest absolute Gasteiger partial charge is 0.467 e. The Kier molecular flexibility index (Phi) is 5.42. The number of hydrogen-bond donors (Lipinski definition) is 0. The molecule has 24 heavy (non-hydrogen) atoms. The lowest BCUT2D eigenvalue weighted by Gasteiger charge is -2.21. The fourth-order valence-corrected chi connectivity index (χ4v) is 3.24. The first-order valence-electron chi connectivity index (χ1n) is 6.80. The predicted molar refractivity (Wildman–Crippen MR) is 92.3 cm³/mol. The number of hydrogen-bond acceptors (Lipinski definition) is 4. The number of carbonyl (C=O) groups is 1. The van der Waals surface area contributed by atoms with Gasteiger partial charge in [-0.1, -0.05) is 46.4 Å². The van der Waals surface area contributed by atoms with Crippen LogP contribution in [0.1, 0.15) is 21.5 Å². The van der Waals surface area contributed by atoms with Crippen molar-refractivity contribution < 1.29 is 19.0 Å². The van der Waals surface area contributed by atoms with E-state index in [1.165, 1.54) is 12.1 Å². The van der Waals surface area contributed by atoms with E-state index >= 15 is 0 Å². The molecule has 0 fully saturated rings. The maximum Gasteiger partial charge on any atom is 0.341 e. The van der Waals surface area contributed by atoms with Crippen molar-refractivity contribution in [3.8, 4) is 5.75 Å². The van der Waals surface area contributed by atoms with Crippen LogP contribution in [0.25, 0.3) is 0 Å². The van der Waals surface area contributed by atoms with Crippen LogP contribution in [-0.4, -0.2) is 12.8 Å². The number of ether oxygens (including phenoxy) is 3. The van der Waals surface area contributed by atoms with Crippen molar-refractivity contribution in [3.05, 3.63) is 61.0 Å². The molecule has 1 aliphatic rings. The Balaban J connectivity index is 1.83. The quantitative estimate of drug-likeness (QED) is 0.496. The maximum atomic E-state index is 12.3. The molecule has 0 bridgehead atoms. The number of benzene rings is 2. The minimum Gasteiger partial charge on any atom is -0.467 e. The molecule has 0 aromatic heterocycles. The monoisotopic (exact) mass is 406 g/mol. The van der Waals surface area contributed by atoms with Gasteiger partial charge in [0.25, 0.3) is 0 Å². The summed E-state index contributed by atoms with van der Waals surface area (Å²) in [7, 11) is 0. The number of fused-ring (bicyclic) bond motifs is 1. The Morgan fingerprint density at radius 3 is 2.67 bits per heavy atom. The van der Waals surface area contributed by atoms with Crippen molar-refractivity contribution in [1.82, 2.24) is 0 Å². The highest BCUT2D eigenvalue weighted by Gasteiger charge is 2.21. The number of carbonyl (C=O) groups excluding carboxylic acids is 1. The maximum absolute atomic E-state index is 12.3. The Hall–Kier alpha value is -1.17. The van der Waals surface area contributed by atoms with Gasteiger partial charge >= 0.3 is 5.97 Å². The summed E-state index contributed by atoms with van der Waals surface area (Å²) in [4.78, 5) is 12.3. The molecule has 3 rings (SSSR count). The van der Waals surface area contributed by atoms with Crippen LogP contribution in [-0.2, 0) is 22.7 Å². The summed E-state index contributed by atoms with van der Waals surface area (Å²) in [5.74, 6) is -0.0879. The topological polar surface area (TPSA) is 44.8 Å². The predicted octanol–water partition coefficient (Wildman–Crippen LogP) is 5.52. The third kappa shape index (κ3) is 3.58. The van der Waals surface area contributed by atoms with E-state index in [2.05, 4.69) is 0 Å². The second kappa shape index (κ2) is 7.38. The molecule has 0 saturated heterocycles. The molecule has 0 aliphatic carbocycles. The van der Waals surface area contributed by atoms with E-state index in [-0.39, 0.29) is 34.0 Å². The highest BCUT2D eigenvalue weighted by Crippen LogP contribution is 2.34. The van der Waals surface area contributed by atoms with Crippen molar-refractivity contribution in [2.75, 3.05) is 6.79 Å². The molecular weight excluding hydrogens is 398 g/mol. The number of rotatable bonds is 3. The standard InChI is InChI=1S/C16H10Cl4O4/c17-10-3-8-5-22-7-24-15(8)9(4-10)6-23-16(21)13-11(18)1-2-12(19)14(13)20/h1-4H,5-7H2. The van der Waals surface area contributed by atoms with Crippen LogP contribution in [0.15, 0.2) is 24.3 Å². The second-order valence-electron chi connectivity index (χ2n) is 4.96. The molecule has 0 N–H and O–H groups in total. The molecule has 2 aromatic rings. The normalized spacial score (nSPS) is 13.2. The summed E-state index contributed by atoms with van der Waals surface area (Å²) in [5.41, 5.74) is 1.44. The first-order chi connectivity index (χ1) is 11.5. The van der Waals surface area contributed by atoms with Crippen LogP contribution in [0.5, 0.6) is 5.75 Å². The van der Waals surface area contributed by atoms with Crippen LogP contribution < -0.4 is 4.74 Å². The van der Waals surface area contributed by atoms with E-state index in [1.54, 1.807) is 12.1 Å². The average Bonchev–Trinajstić information content (AvgIpc) is 2.56. The van der Waals surface area contributed by atoms with Gasteiger partial charge in [-0.05, 0) is 24.3 Å². The molecule has 4 nitrogen and oxygen atoms in total. The SMILES string of the molecule is O=C(OCc1cc(Cl)cc2c1OCOC2)c1c(Cl)ccc(Cl)c1Cl. The fourth-order valence-electron chi connectivity index (χ4n) is 2.29. The lowest BCUT2D eigenvalue weighted by Crippen LogP contribution is -2.14. The van der Waals surface area contributed by atoms with Crippen LogP contribution >= 0.6 is 46.4 Å². The molecule has 0 saturated carbocycles. The molecule has 0 spiro atoms. The minimum atomic E-state index is -0.687. The van der Waals surface area contributed by atoms with Crippen molar-refractivity contribution in [2.24, 2.45) is 0 Å². The van der Waals surface area contributed by atoms with E-state index in [4.69, 9.17) is 60.6 Å². The van der Waals surface area contributed by atoms with Crippen molar-refractivity contribution in [1.29, 1.82) is 0 Å². The number of esters is 1. The highest BCUT2D eigenvalue weighted by molar-refractivity contribution is 6.46. The summed E-state index contributed by atoms with van der Waals surface area (Å²) in [5, 5.41) is 0.917. The summed E-state index contributed by atoms with van der Waals surface area (Å²) < 4.78 is 16.0. The van der Waals surface area contributed by atoms with Gasteiger partial charge in [0.1, 0.15) is 12.4 Å². The van der Waals surface area contributed by atoms with Crippen LogP contribution in [0.4, 0.5) is 0 Å². The van der Waals surface area contributed by atoms with E-state index in [9.17, 15) is 4.79 Å². The van der Waals surface area contributed by atoms with E-state index in [0.29, 0.717) is 22.9 Å². The van der Waals surface area contributed by atoms with Gasteiger partial charge in [-0.25, -0.2) is 4.79 Å². The summed E-state index contributed by atoms with van der Waals surface area (Å²) in [6, 6.07) is 6.39. The van der Waals surface area contributed by atoms with Crippen LogP contribution in [0.2, 0.25) is 20.1 Å². The molecular formula is C16H10Cl4O4. The Bertz CT molecular complexity index is 807. The molecule has 1 aliphatic heterocycles. The molecule has 1 heterocycles. The van der Waals surface area contributed by atoms with Crippen molar-refractivity contribution in [2.45, 2.75) is 13.2 Å². The molecule has 126 valence electrons. The van der Waals surface area contributed by atoms with Gasteiger partial charge in [0, 0.05) is 16.1 Å². The van der Waals surface area contributed by atoms with Gasteiger partial charge in [-0.3, -0.25) is 0 Å². The zero-order chi connectivity index (χ0) is 17.3. The van der Waals surface area contributed by atoms with E-state index < -0.39 is 5.97 Å². The van der Waals surface area contributed by atoms with E-state index in [1.807, 2.05) is 0 Å². The van der Waals surface area contributed by atoms with Gasteiger partial charge < -0.3 is 14.2 Å². The lowest BCUT2D eigenvalue weighted by molar-refractivity contribution is -0.0180. The fraction of sp³-hybridized carbons (Fsp3) is 0.188. The molecule has 0 amide bonds. The van der Waals surface area contributed by atoms with Gasteiger partial charge in [-0.15, -0.1) is 0 Å². The molecule has 0 unspecified atom stereocenters. The Labute approximate surface area is 158 Å². The average molecular weight is 408 g/mol. The summed E-state index contributed by atoms with van der Waals surface area (Å²) >= 11 is 24.0. The minimum absolute atomic E-state index is 0.0194. The lowest BCUT2D eigenvalue weighted by atomic mass is 10.1.